The van der Waals surface area contributed by atoms with Crippen LogP contribution in [0.1, 0.15) is 32.6 Å². The summed E-state index contributed by atoms with van der Waals surface area (Å²) in [6.45, 7) is 1.92. The minimum atomic E-state index is -3.83. The van der Waals surface area contributed by atoms with Gasteiger partial charge in [-0.2, -0.15) is 0 Å². The number of carbonyl (C=O) groups is 1. The number of rotatable bonds is 4. The van der Waals surface area contributed by atoms with Crippen LogP contribution in [0.15, 0.2) is 102 Å². The van der Waals surface area contributed by atoms with Crippen LogP contribution in [0.4, 0.5) is 0 Å². The molecule has 0 spiro atoms. The molecule has 0 atom stereocenters. The van der Waals surface area contributed by atoms with Crippen molar-refractivity contribution >= 4 is 26.7 Å². The Morgan fingerprint density at radius 1 is 0.824 bits per heavy atom. The molecule has 5 heteroatoms. The number of hydrogen-bond donors (Lipinski definition) is 0. The lowest BCUT2D eigenvalue weighted by Crippen LogP contribution is -2.12. The minimum Gasteiger partial charge on any atom is -0.289 e. The molecule has 1 aliphatic carbocycles. The monoisotopic (exact) mass is 463 g/mol. The third kappa shape index (κ3) is 3.05. The molecule has 0 N–H and O–H groups in total. The molecule has 5 aromatic rings. The molecular weight excluding hydrogens is 442 g/mol. The van der Waals surface area contributed by atoms with Gasteiger partial charge < -0.3 is 0 Å². The number of fused-ring (bicyclic) bond motifs is 4. The van der Waals surface area contributed by atoms with Crippen molar-refractivity contribution in [2.75, 3.05) is 0 Å². The summed E-state index contributed by atoms with van der Waals surface area (Å²) >= 11 is 0. The number of aryl methyl sites for hydroxylation is 1. The van der Waals surface area contributed by atoms with E-state index in [0.717, 1.165) is 27.8 Å². The first-order valence-electron chi connectivity index (χ1n) is 11.1. The van der Waals surface area contributed by atoms with Gasteiger partial charge in [-0.05, 0) is 59.9 Å². The highest BCUT2D eigenvalue weighted by Gasteiger charge is 2.30. The Morgan fingerprint density at radius 3 is 2.29 bits per heavy atom. The topological polar surface area (TPSA) is 56.1 Å². The van der Waals surface area contributed by atoms with Crippen molar-refractivity contribution < 1.29 is 13.2 Å². The number of aromatic nitrogens is 1. The average molecular weight is 464 g/mol. The van der Waals surface area contributed by atoms with Crippen LogP contribution in [0.3, 0.4) is 0 Å². The molecule has 4 nitrogen and oxygen atoms in total. The molecule has 1 aromatic heterocycles. The first-order valence-corrected chi connectivity index (χ1v) is 12.6. The number of nitrogens with zero attached hydrogens (tertiary/aromatic N) is 1. The fourth-order valence-corrected chi connectivity index (χ4v) is 6.22. The van der Waals surface area contributed by atoms with E-state index in [0.29, 0.717) is 28.5 Å². The van der Waals surface area contributed by atoms with E-state index in [2.05, 4.69) is 6.07 Å². The van der Waals surface area contributed by atoms with Crippen LogP contribution in [0, 0.1) is 6.92 Å². The Hall–Kier alpha value is -3.96. The molecule has 0 amide bonds. The van der Waals surface area contributed by atoms with E-state index >= 15 is 0 Å². The molecule has 34 heavy (non-hydrogen) atoms. The third-order valence-corrected chi connectivity index (χ3v) is 8.25. The standard InChI is InChI=1S/C29H21NO3S/c1-19-11-13-23(14-12-19)34(32,33)30-16-15-25-26(30)18-22-17-21-9-5-6-10-24(21)27(22)28(25)29(31)20-7-3-2-4-8-20/h2-16,18H,17H2,1H3. The van der Waals surface area contributed by atoms with Crippen molar-refractivity contribution in [1.82, 2.24) is 3.97 Å². The van der Waals surface area contributed by atoms with Crippen LogP contribution in [-0.2, 0) is 16.4 Å². The van der Waals surface area contributed by atoms with E-state index in [9.17, 15) is 13.2 Å². The number of carbonyl (C=O) groups excluding carboxylic acids is 1. The highest BCUT2D eigenvalue weighted by atomic mass is 32.2. The summed E-state index contributed by atoms with van der Waals surface area (Å²) < 4.78 is 28.4. The van der Waals surface area contributed by atoms with Crippen LogP contribution in [0.2, 0.25) is 0 Å². The first kappa shape index (κ1) is 20.6. The van der Waals surface area contributed by atoms with Crippen molar-refractivity contribution in [3.63, 3.8) is 0 Å². The Labute approximate surface area is 198 Å². The van der Waals surface area contributed by atoms with Crippen LogP contribution in [-0.4, -0.2) is 18.2 Å². The molecule has 6 rings (SSSR count). The van der Waals surface area contributed by atoms with E-state index in [1.807, 2.05) is 49.4 Å². The maximum atomic E-state index is 13.8. The SMILES string of the molecule is Cc1ccc(S(=O)(=O)n2ccc3c(C(=O)c4ccccc4)c4c(cc32)Cc2ccccc2-4)cc1. The second kappa shape index (κ2) is 7.54. The van der Waals surface area contributed by atoms with Gasteiger partial charge in [0.1, 0.15) is 0 Å². The second-order valence-electron chi connectivity index (χ2n) is 8.68. The van der Waals surface area contributed by atoms with Gasteiger partial charge in [-0.15, -0.1) is 0 Å². The predicted molar refractivity (Wildman–Crippen MR) is 134 cm³/mol. The van der Waals surface area contributed by atoms with Gasteiger partial charge >= 0.3 is 0 Å². The maximum absolute atomic E-state index is 13.8. The van der Waals surface area contributed by atoms with Crippen LogP contribution in [0.5, 0.6) is 0 Å². The summed E-state index contributed by atoms with van der Waals surface area (Å²) in [7, 11) is -3.83. The van der Waals surface area contributed by atoms with Crippen LogP contribution >= 0.6 is 0 Å². The fraction of sp³-hybridized carbons (Fsp3) is 0.0690. The lowest BCUT2D eigenvalue weighted by molar-refractivity contribution is 0.104. The fourth-order valence-electron chi connectivity index (χ4n) is 4.89. The Bertz CT molecular complexity index is 1700. The van der Waals surface area contributed by atoms with E-state index in [-0.39, 0.29) is 10.7 Å². The molecule has 0 saturated carbocycles. The van der Waals surface area contributed by atoms with Crippen molar-refractivity contribution in [1.29, 1.82) is 0 Å². The molecule has 0 radical (unpaired) electrons. The normalized spacial score (nSPS) is 12.5. The summed E-state index contributed by atoms with van der Waals surface area (Å²) in [5.41, 5.74) is 6.69. The predicted octanol–water partition coefficient (Wildman–Crippen LogP) is 5.99. The van der Waals surface area contributed by atoms with Gasteiger partial charge in [-0.25, -0.2) is 12.4 Å². The number of benzene rings is 4. The van der Waals surface area contributed by atoms with Gasteiger partial charge in [-0.1, -0.05) is 72.3 Å². The highest BCUT2D eigenvalue weighted by Crippen LogP contribution is 2.43. The number of hydrogen-bond acceptors (Lipinski definition) is 3. The summed E-state index contributed by atoms with van der Waals surface area (Å²) in [5.74, 6) is -0.107. The van der Waals surface area contributed by atoms with Gasteiger partial charge in [0.25, 0.3) is 10.0 Å². The van der Waals surface area contributed by atoms with Crippen LogP contribution < -0.4 is 0 Å². The number of ketones is 1. The zero-order valence-electron chi connectivity index (χ0n) is 18.5. The highest BCUT2D eigenvalue weighted by molar-refractivity contribution is 7.90. The molecule has 1 aliphatic rings. The van der Waals surface area contributed by atoms with Crippen molar-refractivity contribution in [2.45, 2.75) is 18.2 Å². The average Bonchev–Trinajstić information content (AvgIpc) is 3.44. The largest absolute Gasteiger partial charge is 0.289 e. The van der Waals surface area contributed by atoms with Crippen molar-refractivity contribution in [3.8, 4) is 11.1 Å². The summed E-state index contributed by atoms with van der Waals surface area (Å²) in [6.07, 6.45) is 2.22. The van der Waals surface area contributed by atoms with Gasteiger partial charge in [0.05, 0.1) is 10.4 Å². The summed E-state index contributed by atoms with van der Waals surface area (Å²) in [5, 5.41) is 0.639. The molecular formula is C29H21NO3S. The molecule has 1 heterocycles. The smallest absolute Gasteiger partial charge is 0.268 e. The van der Waals surface area contributed by atoms with Gasteiger partial charge in [-0.3, -0.25) is 4.79 Å². The van der Waals surface area contributed by atoms with E-state index < -0.39 is 10.0 Å². The zero-order chi connectivity index (χ0) is 23.4. The summed E-state index contributed by atoms with van der Waals surface area (Å²) in [6, 6.07) is 27.7. The molecule has 0 aliphatic heterocycles. The molecule has 4 aromatic carbocycles. The molecule has 166 valence electrons. The van der Waals surface area contributed by atoms with E-state index in [1.54, 1.807) is 48.7 Å². The summed E-state index contributed by atoms with van der Waals surface area (Å²) in [4.78, 5) is 14.1. The molecule has 0 saturated heterocycles. The lowest BCUT2D eigenvalue weighted by Gasteiger charge is -2.14. The molecule has 0 fully saturated rings. The van der Waals surface area contributed by atoms with Crippen LogP contribution in [0.25, 0.3) is 22.0 Å². The molecule has 0 bridgehead atoms. The zero-order valence-corrected chi connectivity index (χ0v) is 19.3. The lowest BCUT2D eigenvalue weighted by atomic mass is 9.91. The second-order valence-corrected chi connectivity index (χ2v) is 10.5. The van der Waals surface area contributed by atoms with Gasteiger partial charge in [0.15, 0.2) is 5.78 Å². The first-order chi connectivity index (χ1) is 16.4. The van der Waals surface area contributed by atoms with Gasteiger partial charge in [0, 0.05) is 22.7 Å². The van der Waals surface area contributed by atoms with Gasteiger partial charge in [0.2, 0.25) is 0 Å². The quantitative estimate of drug-likeness (QED) is 0.302. The van der Waals surface area contributed by atoms with E-state index in [1.165, 1.54) is 3.97 Å². The molecule has 0 unspecified atom stereocenters. The maximum Gasteiger partial charge on any atom is 0.268 e. The van der Waals surface area contributed by atoms with Crippen molar-refractivity contribution in [3.05, 3.63) is 125 Å². The Kier molecular flexibility index (Phi) is 4.57. The Morgan fingerprint density at radius 2 is 1.53 bits per heavy atom. The Balaban J connectivity index is 1.65. The third-order valence-electron chi connectivity index (χ3n) is 6.55. The van der Waals surface area contributed by atoms with E-state index in [4.69, 9.17) is 0 Å². The van der Waals surface area contributed by atoms with Crippen molar-refractivity contribution in [2.24, 2.45) is 0 Å². The minimum absolute atomic E-state index is 0.107.